The lowest BCUT2D eigenvalue weighted by molar-refractivity contribution is 1.41. The van der Waals surface area contributed by atoms with Gasteiger partial charge < -0.3 is 0 Å². The van der Waals surface area contributed by atoms with E-state index in [-0.39, 0.29) is 0 Å². The molecule has 0 saturated heterocycles. The van der Waals surface area contributed by atoms with Crippen molar-refractivity contribution in [3.8, 4) is 0 Å². The zero-order valence-corrected chi connectivity index (χ0v) is 16.1. The van der Waals surface area contributed by atoms with Crippen LogP contribution in [0.15, 0.2) is 90.6 Å². The van der Waals surface area contributed by atoms with Crippen molar-refractivity contribution in [2.24, 2.45) is 0 Å². The highest BCUT2D eigenvalue weighted by atomic mass is 14.0. The second-order valence-electron chi connectivity index (χ2n) is 5.12. The molecular weight excluding hydrogens is 288 g/mol. The number of aryl methyl sites for hydroxylation is 1. The van der Waals surface area contributed by atoms with Crippen LogP contribution in [0.2, 0.25) is 0 Å². The molecule has 0 amide bonds. The summed E-state index contributed by atoms with van der Waals surface area (Å²) in [5, 5.41) is 0. The molecule has 0 aliphatic heterocycles. The summed E-state index contributed by atoms with van der Waals surface area (Å²) in [5.74, 6) is 0. The number of allylic oxidation sites excluding steroid dienone is 11. The van der Waals surface area contributed by atoms with E-state index in [9.17, 15) is 0 Å². The van der Waals surface area contributed by atoms with Gasteiger partial charge in [0, 0.05) is 0 Å². The van der Waals surface area contributed by atoms with Gasteiger partial charge in [-0.3, -0.25) is 0 Å². The van der Waals surface area contributed by atoms with E-state index in [1.165, 1.54) is 22.3 Å². The van der Waals surface area contributed by atoms with Crippen molar-refractivity contribution < 1.29 is 0 Å². The first-order valence-electron chi connectivity index (χ1n) is 8.67. The third-order valence-electron chi connectivity index (χ3n) is 3.52. The van der Waals surface area contributed by atoms with Crippen LogP contribution >= 0.6 is 0 Å². The monoisotopic (exact) mass is 320 g/mol. The van der Waals surface area contributed by atoms with Gasteiger partial charge in [0.1, 0.15) is 0 Å². The largest absolute Gasteiger partial charge is 0.0984 e. The third kappa shape index (κ3) is 7.28. The van der Waals surface area contributed by atoms with E-state index in [2.05, 4.69) is 75.1 Å². The Bertz CT molecular complexity index is 646. The molecule has 1 rings (SSSR count). The van der Waals surface area contributed by atoms with Crippen LogP contribution in [-0.2, 0) is 0 Å². The first-order chi connectivity index (χ1) is 11.6. The standard InChI is InChI=1S/C22H26.C2H6/c1-6-9-15-20(7-2)21(8-3)16-12-14-19(5)22-17-11-10-13-18(22)4;1-2/h6-17H,2H2,1,3-5H3;1-2H3/b9-6-,16-12-,19-14+,20-15+,21-8+;. The van der Waals surface area contributed by atoms with Crippen molar-refractivity contribution in [3.63, 3.8) is 0 Å². The molecule has 0 aromatic heterocycles. The molecule has 24 heavy (non-hydrogen) atoms. The summed E-state index contributed by atoms with van der Waals surface area (Å²) in [6, 6.07) is 8.45. The Morgan fingerprint density at radius 3 is 2.17 bits per heavy atom. The fourth-order valence-electron chi connectivity index (χ4n) is 2.24. The smallest absolute Gasteiger partial charge is 0.0193 e. The van der Waals surface area contributed by atoms with E-state index in [1.807, 2.05) is 45.9 Å². The zero-order chi connectivity index (χ0) is 18.4. The Hall–Kier alpha value is -2.34. The molecule has 1 aromatic carbocycles. The van der Waals surface area contributed by atoms with Gasteiger partial charge in [0.2, 0.25) is 0 Å². The maximum atomic E-state index is 3.89. The Balaban J connectivity index is 0.00000254. The molecule has 0 N–H and O–H groups in total. The van der Waals surface area contributed by atoms with Gasteiger partial charge in [-0.1, -0.05) is 93.3 Å². The molecule has 1 aromatic rings. The number of rotatable bonds is 6. The van der Waals surface area contributed by atoms with E-state index in [1.54, 1.807) is 0 Å². The van der Waals surface area contributed by atoms with Gasteiger partial charge in [-0.2, -0.15) is 0 Å². The molecule has 0 radical (unpaired) electrons. The molecule has 0 saturated carbocycles. The summed E-state index contributed by atoms with van der Waals surface area (Å²) >= 11 is 0. The lowest BCUT2D eigenvalue weighted by Gasteiger charge is -2.05. The quantitative estimate of drug-likeness (QED) is 0.473. The van der Waals surface area contributed by atoms with Crippen LogP contribution in [0.25, 0.3) is 5.57 Å². The van der Waals surface area contributed by atoms with Crippen LogP contribution in [0.5, 0.6) is 0 Å². The average molecular weight is 321 g/mol. The average Bonchev–Trinajstić information content (AvgIpc) is 2.62. The van der Waals surface area contributed by atoms with Crippen LogP contribution in [-0.4, -0.2) is 0 Å². The topological polar surface area (TPSA) is 0 Å². The van der Waals surface area contributed by atoms with Gasteiger partial charge in [0.05, 0.1) is 0 Å². The van der Waals surface area contributed by atoms with Crippen LogP contribution < -0.4 is 0 Å². The first kappa shape index (κ1) is 21.7. The molecule has 0 aliphatic rings. The van der Waals surface area contributed by atoms with Crippen LogP contribution in [0.3, 0.4) is 0 Å². The second kappa shape index (κ2) is 13.1. The molecule has 0 heterocycles. The number of hydrogen-bond donors (Lipinski definition) is 0. The minimum Gasteiger partial charge on any atom is -0.0984 e. The van der Waals surface area contributed by atoms with E-state index in [4.69, 9.17) is 0 Å². The minimum absolute atomic E-state index is 1.12. The highest BCUT2D eigenvalue weighted by molar-refractivity contribution is 5.68. The first-order valence-corrected chi connectivity index (χ1v) is 8.67. The Morgan fingerprint density at radius 1 is 0.958 bits per heavy atom. The molecule has 0 nitrogen and oxygen atoms in total. The van der Waals surface area contributed by atoms with Crippen molar-refractivity contribution in [2.75, 3.05) is 0 Å². The molecule has 0 bridgehead atoms. The molecule has 0 heteroatoms. The lowest BCUT2D eigenvalue weighted by Crippen LogP contribution is -1.84. The summed E-state index contributed by atoms with van der Waals surface area (Å²) in [6.45, 7) is 16.2. The molecule has 0 aliphatic carbocycles. The molecule has 0 fully saturated rings. The minimum atomic E-state index is 1.12. The van der Waals surface area contributed by atoms with Crippen LogP contribution in [0.1, 0.15) is 45.7 Å². The van der Waals surface area contributed by atoms with Gasteiger partial charge in [0.15, 0.2) is 0 Å². The van der Waals surface area contributed by atoms with E-state index in [0.29, 0.717) is 0 Å². The predicted molar refractivity (Wildman–Crippen MR) is 112 cm³/mol. The van der Waals surface area contributed by atoms with Gasteiger partial charge in [-0.25, -0.2) is 0 Å². The predicted octanol–water partition coefficient (Wildman–Crippen LogP) is 7.62. The molecule has 0 atom stereocenters. The van der Waals surface area contributed by atoms with Crippen molar-refractivity contribution in [2.45, 2.75) is 41.5 Å². The summed E-state index contributed by atoms with van der Waals surface area (Å²) in [7, 11) is 0. The van der Waals surface area contributed by atoms with Gasteiger partial charge >= 0.3 is 0 Å². The molecule has 0 spiro atoms. The highest BCUT2D eigenvalue weighted by Crippen LogP contribution is 2.19. The maximum absolute atomic E-state index is 3.89. The number of benzene rings is 1. The van der Waals surface area contributed by atoms with Crippen molar-refractivity contribution >= 4 is 5.57 Å². The molecule has 128 valence electrons. The van der Waals surface area contributed by atoms with Gasteiger partial charge in [-0.05, 0) is 55.5 Å². The third-order valence-corrected chi connectivity index (χ3v) is 3.52. The van der Waals surface area contributed by atoms with E-state index in [0.717, 1.165) is 5.57 Å². The fraction of sp³-hybridized carbons (Fsp3) is 0.250. The fourth-order valence-corrected chi connectivity index (χ4v) is 2.24. The normalized spacial score (nSPS) is 13.2. The summed E-state index contributed by atoms with van der Waals surface area (Å²) in [5.41, 5.74) is 6.15. The van der Waals surface area contributed by atoms with Gasteiger partial charge in [-0.15, -0.1) is 0 Å². The number of hydrogen-bond acceptors (Lipinski definition) is 0. The maximum Gasteiger partial charge on any atom is -0.0193 e. The van der Waals surface area contributed by atoms with Gasteiger partial charge in [0.25, 0.3) is 0 Å². The summed E-state index contributed by atoms with van der Waals surface area (Å²) in [6.07, 6.45) is 16.5. The Morgan fingerprint density at radius 2 is 1.62 bits per heavy atom. The highest BCUT2D eigenvalue weighted by Gasteiger charge is 1.98. The SMILES string of the molecule is C=CC(=C\C=C/C)/C(/C=C\C=C(/C)c1ccccc1C)=C/C.CC. The Labute approximate surface area is 149 Å². The summed E-state index contributed by atoms with van der Waals surface area (Å²) in [4.78, 5) is 0. The van der Waals surface area contributed by atoms with Crippen molar-refractivity contribution in [3.05, 3.63) is 102 Å². The zero-order valence-electron chi connectivity index (χ0n) is 16.1. The second-order valence-corrected chi connectivity index (χ2v) is 5.12. The lowest BCUT2D eigenvalue weighted by atomic mass is 10.0. The van der Waals surface area contributed by atoms with E-state index >= 15 is 0 Å². The van der Waals surface area contributed by atoms with Crippen LogP contribution in [0, 0.1) is 6.92 Å². The Kier molecular flexibility index (Phi) is 11.9. The van der Waals surface area contributed by atoms with Crippen molar-refractivity contribution in [1.82, 2.24) is 0 Å². The molecule has 0 unspecified atom stereocenters. The van der Waals surface area contributed by atoms with E-state index < -0.39 is 0 Å². The molecular formula is C24H32. The summed E-state index contributed by atoms with van der Waals surface area (Å²) < 4.78 is 0. The van der Waals surface area contributed by atoms with Crippen molar-refractivity contribution in [1.29, 1.82) is 0 Å². The van der Waals surface area contributed by atoms with Crippen LogP contribution in [0.4, 0.5) is 0 Å².